The Balaban J connectivity index is 1.74. The summed E-state index contributed by atoms with van der Waals surface area (Å²) in [5, 5.41) is 6.32. The van der Waals surface area contributed by atoms with E-state index in [1.165, 1.54) is 19.0 Å². The van der Waals surface area contributed by atoms with Crippen molar-refractivity contribution in [2.45, 2.75) is 31.5 Å². The first-order valence-electron chi connectivity index (χ1n) is 6.06. The number of hydrogen-bond donors (Lipinski definition) is 2. The molecule has 0 bridgehead atoms. The molecule has 0 aliphatic heterocycles. The average Bonchev–Trinajstić information content (AvgIpc) is 3.12. The maximum atomic E-state index is 12.4. The van der Waals surface area contributed by atoms with E-state index in [1.807, 2.05) is 0 Å². The molecule has 1 saturated carbocycles. The summed E-state index contributed by atoms with van der Waals surface area (Å²) in [5.74, 6) is 0. The van der Waals surface area contributed by atoms with Gasteiger partial charge in [-0.25, -0.2) is 0 Å². The van der Waals surface area contributed by atoms with Crippen molar-refractivity contribution >= 4 is 5.69 Å². The molecule has 100 valence electrons. The maximum absolute atomic E-state index is 12.4. The van der Waals surface area contributed by atoms with Crippen LogP contribution in [0.2, 0.25) is 0 Å². The largest absolute Gasteiger partial charge is 0.433 e. The molecular weight excluding hydrogens is 243 g/mol. The Bertz CT molecular complexity index is 388. The minimum Gasteiger partial charge on any atom is -0.385 e. The molecular formula is C12H16F3N3. The van der Waals surface area contributed by atoms with Gasteiger partial charge in [0.05, 0.1) is 0 Å². The second-order valence-electron chi connectivity index (χ2n) is 4.44. The van der Waals surface area contributed by atoms with E-state index in [0.29, 0.717) is 18.3 Å². The third-order valence-electron chi connectivity index (χ3n) is 2.74. The van der Waals surface area contributed by atoms with Gasteiger partial charge in [-0.1, -0.05) is 0 Å². The molecule has 1 heterocycles. The summed E-state index contributed by atoms with van der Waals surface area (Å²) in [6.45, 7) is 1.55. The monoisotopic (exact) mass is 259 g/mol. The van der Waals surface area contributed by atoms with E-state index in [4.69, 9.17) is 0 Å². The molecule has 1 aromatic rings. The van der Waals surface area contributed by atoms with Crippen LogP contribution in [-0.4, -0.2) is 24.1 Å². The number of hydrogen-bond acceptors (Lipinski definition) is 3. The van der Waals surface area contributed by atoms with Crippen LogP contribution in [-0.2, 0) is 6.18 Å². The van der Waals surface area contributed by atoms with Gasteiger partial charge >= 0.3 is 6.18 Å². The van der Waals surface area contributed by atoms with Gasteiger partial charge in [0.25, 0.3) is 0 Å². The second kappa shape index (κ2) is 5.56. The SMILES string of the molecule is FC(F)(F)c1cc(NCCCNC2CC2)ccn1. The lowest BCUT2D eigenvalue weighted by atomic mass is 10.3. The normalized spacial score (nSPS) is 15.7. The van der Waals surface area contributed by atoms with Crippen LogP contribution in [0, 0.1) is 0 Å². The van der Waals surface area contributed by atoms with Crippen LogP contribution in [0.5, 0.6) is 0 Å². The van der Waals surface area contributed by atoms with Gasteiger partial charge in [-0.3, -0.25) is 4.98 Å². The van der Waals surface area contributed by atoms with Gasteiger partial charge in [-0.15, -0.1) is 0 Å². The predicted molar refractivity (Wildman–Crippen MR) is 63.4 cm³/mol. The molecule has 1 aliphatic carbocycles. The molecule has 3 nitrogen and oxygen atoms in total. The van der Waals surface area contributed by atoms with Crippen molar-refractivity contribution in [2.24, 2.45) is 0 Å². The summed E-state index contributed by atoms with van der Waals surface area (Å²) in [7, 11) is 0. The van der Waals surface area contributed by atoms with Gasteiger partial charge in [0.15, 0.2) is 0 Å². The first-order valence-corrected chi connectivity index (χ1v) is 6.06. The highest BCUT2D eigenvalue weighted by Gasteiger charge is 2.32. The molecule has 18 heavy (non-hydrogen) atoms. The van der Waals surface area contributed by atoms with Crippen molar-refractivity contribution in [3.05, 3.63) is 24.0 Å². The standard InChI is InChI=1S/C12H16F3N3/c13-12(14,15)11-8-10(4-7-18-11)17-6-1-5-16-9-2-3-9/h4,7-9,16H,1-3,5-6H2,(H,17,18). The van der Waals surface area contributed by atoms with E-state index >= 15 is 0 Å². The number of rotatable bonds is 6. The molecule has 0 amide bonds. The molecule has 0 unspecified atom stereocenters. The zero-order valence-electron chi connectivity index (χ0n) is 9.93. The highest BCUT2D eigenvalue weighted by molar-refractivity contribution is 5.43. The Morgan fingerprint density at radius 3 is 2.72 bits per heavy atom. The van der Waals surface area contributed by atoms with E-state index in [9.17, 15) is 13.2 Å². The van der Waals surface area contributed by atoms with E-state index in [2.05, 4.69) is 15.6 Å². The van der Waals surface area contributed by atoms with Crippen LogP contribution in [0.1, 0.15) is 25.0 Å². The predicted octanol–water partition coefficient (Wildman–Crippen LogP) is 2.65. The lowest BCUT2D eigenvalue weighted by molar-refractivity contribution is -0.141. The number of pyridine rings is 1. The smallest absolute Gasteiger partial charge is 0.385 e. The van der Waals surface area contributed by atoms with Crippen molar-refractivity contribution in [1.29, 1.82) is 0 Å². The first kappa shape index (κ1) is 13.1. The lowest BCUT2D eigenvalue weighted by Gasteiger charge is -2.10. The van der Waals surface area contributed by atoms with E-state index in [-0.39, 0.29) is 0 Å². The van der Waals surface area contributed by atoms with Crippen molar-refractivity contribution in [3.63, 3.8) is 0 Å². The lowest BCUT2D eigenvalue weighted by Crippen LogP contribution is -2.20. The van der Waals surface area contributed by atoms with Crippen LogP contribution in [0.15, 0.2) is 18.3 Å². The van der Waals surface area contributed by atoms with Gasteiger partial charge < -0.3 is 10.6 Å². The Kier molecular flexibility index (Phi) is 4.06. The Labute approximate surface area is 104 Å². The Morgan fingerprint density at radius 1 is 1.28 bits per heavy atom. The molecule has 0 atom stereocenters. The summed E-state index contributed by atoms with van der Waals surface area (Å²) in [6.07, 6.45) is 0.165. The highest BCUT2D eigenvalue weighted by Crippen LogP contribution is 2.28. The highest BCUT2D eigenvalue weighted by atomic mass is 19.4. The molecule has 2 rings (SSSR count). The average molecular weight is 259 g/mol. The van der Waals surface area contributed by atoms with Crippen LogP contribution in [0.4, 0.5) is 18.9 Å². The maximum Gasteiger partial charge on any atom is 0.433 e. The quantitative estimate of drug-likeness (QED) is 0.771. The number of aromatic nitrogens is 1. The minimum atomic E-state index is -4.38. The zero-order chi connectivity index (χ0) is 13.0. The van der Waals surface area contributed by atoms with Crippen LogP contribution >= 0.6 is 0 Å². The van der Waals surface area contributed by atoms with Gasteiger partial charge in [0, 0.05) is 24.5 Å². The third-order valence-corrected chi connectivity index (χ3v) is 2.74. The van der Waals surface area contributed by atoms with Crippen molar-refractivity contribution in [3.8, 4) is 0 Å². The van der Waals surface area contributed by atoms with E-state index in [0.717, 1.165) is 19.0 Å². The molecule has 1 fully saturated rings. The summed E-state index contributed by atoms with van der Waals surface area (Å²) in [5.41, 5.74) is -0.396. The van der Waals surface area contributed by atoms with Gasteiger partial charge in [0.2, 0.25) is 0 Å². The second-order valence-corrected chi connectivity index (χ2v) is 4.44. The Morgan fingerprint density at radius 2 is 2.06 bits per heavy atom. The number of nitrogens with zero attached hydrogens (tertiary/aromatic N) is 1. The van der Waals surface area contributed by atoms with Crippen LogP contribution in [0.25, 0.3) is 0 Å². The van der Waals surface area contributed by atoms with Gasteiger partial charge in [0.1, 0.15) is 5.69 Å². The van der Waals surface area contributed by atoms with Crippen molar-refractivity contribution in [1.82, 2.24) is 10.3 Å². The number of anilines is 1. The fourth-order valence-electron chi connectivity index (χ4n) is 1.61. The molecule has 0 spiro atoms. The molecule has 2 N–H and O–H groups in total. The topological polar surface area (TPSA) is 37.0 Å². The van der Waals surface area contributed by atoms with E-state index < -0.39 is 11.9 Å². The van der Waals surface area contributed by atoms with Gasteiger partial charge in [-0.05, 0) is 37.9 Å². The van der Waals surface area contributed by atoms with Gasteiger partial charge in [-0.2, -0.15) is 13.2 Å². The van der Waals surface area contributed by atoms with E-state index in [1.54, 1.807) is 6.07 Å². The molecule has 0 saturated heterocycles. The fraction of sp³-hybridized carbons (Fsp3) is 0.583. The summed E-state index contributed by atoms with van der Waals surface area (Å²) in [6, 6.07) is 3.25. The molecule has 1 aromatic heterocycles. The number of halogens is 3. The summed E-state index contributed by atoms with van der Waals surface area (Å²) < 4.78 is 37.2. The number of alkyl halides is 3. The summed E-state index contributed by atoms with van der Waals surface area (Å²) >= 11 is 0. The molecule has 1 aliphatic rings. The summed E-state index contributed by atoms with van der Waals surface area (Å²) in [4.78, 5) is 3.31. The fourth-order valence-corrected chi connectivity index (χ4v) is 1.61. The molecule has 0 aromatic carbocycles. The molecule has 6 heteroatoms. The van der Waals surface area contributed by atoms with Crippen molar-refractivity contribution < 1.29 is 13.2 Å². The molecule has 0 radical (unpaired) electrons. The van der Waals surface area contributed by atoms with Crippen LogP contribution < -0.4 is 10.6 Å². The third kappa shape index (κ3) is 4.18. The number of nitrogens with one attached hydrogen (secondary N) is 2. The first-order chi connectivity index (χ1) is 8.55. The Hall–Kier alpha value is -1.30. The zero-order valence-corrected chi connectivity index (χ0v) is 9.93. The minimum absolute atomic E-state index is 0.462. The van der Waals surface area contributed by atoms with Crippen molar-refractivity contribution in [2.75, 3.05) is 18.4 Å². The van der Waals surface area contributed by atoms with Crippen LogP contribution in [0.3, 0.4) is 0 Å².